The molecule has 242 valence electrons. The van der Waals surface area contributed by atoms with Gasteiger partial charge in [0.2, 0.25) is 0 Å². The van der Waals surface area contributed by atoms with Gasteiger partial charge in [-0.25, -0.2) is 4.39 Å². The van der Waals surface area contributed by atoms with Gasteiger partial charge in [-0.2, -0.15) is 47.9 Å². The molecule has 1 saturated carbocycles. The molecule has 44 heavy (non-hydrogen) atoms. The molecule has 1 aromatic carbocycles. The number of hydrogen-bond acceptors (Lipinski definition) is 7. The van der Waals surface area contributed by atoms with Gasteiger partial charge in [-0.05, 0) is 38.0 Å². The monoisotopic (exact) mass is 686 g/mol. The average Bonchev–Trinajstić information content (AvgIpc) is 3.49. The summed E-state index contributed by atoms with van der Waals surface area (Å²) >= 11 is 6.18. The first-order valence-corrected chi connectivity index (χ1v) is 13.8. The zero-order chi connectivity index (χ0) is 33.2. The summed E-state index contributed by atoms with van der Waals surface area (Å²) in [6.45, 7) is 2.10. The smallest absolute Gasteiger partial charge is 0.357 e. The molecule has 1 aliphatic rings. The number of alkyl halides is 10. The molecule has 0 atom stereocenters. The van der Waals surface area contributed by atoms with Crippen molar-refractivity contribution in [3.63, 3.8) is 0 Å². The minimum atomic E-state index is -7.61. The summed E-state index contributed by atoms with van der Waals surface area (Å²) in [6, 6.07) is 4.68. The maximum absolute atomic E-state index is 14.2. The van der Waals surface area contributed by atoms with Crippen molar-refractivity contribution >= 4 is 27.6 Å². The van der Waals surface area contributed by atoms with Gasteiger partial charge in [0.15, 0.2) is 5.76 Å². The van der Waals surface area contributed by atoms with E-state index in [1.54, 1.807) is 11.8 Å². The van der Waals surface area contributed by atoms with E-state index in [-0.39, 0.29) is 32.6 Å². The molecule has 3 aromatic rings. The predicted molar refractivity (Wildman–Crippen MR) is 129 cm³/mol. The summed E-state index contributed by atoms with van der Waals surface area (Å²) < 4.78 is 167. The molecule has 1 fully saturated rings. The van der Waals surface area contributed by atoms with Crippen molar-refractivity contribution in [1.82, 2.24) is 19.8 Å². The first kappa shape index (κ1) is 33.3. The molecule has 0 radical (unpaired) electrons. The van der Waals surface area contributed by atoms with Crippen LogP contribution in [0.3, 0.4) is 0 Å². The van der Waals surface area contributed by atoms with Gasteiger partial charge in [0.1, 0.15) is 17.0 Å². The van der Waals surface area contributed by atoms with Crippen LogP contribution in [0.1, 0.15) is 35.7 Å². The van der Waals surface area contributed by atoms with Crippen molar-refractivity contribution in [3.05, 3.63) is 40.4 Å². The maximum Gasteiger partial charge on any atom is 0.450 e. The molecule has 1 amide bonds. The van der Waals surface area contributed by atoms with E-state index in [1.807, 2.05) is 0 Å². The lowest BCUT2D eigenvalue weighted by molar-refractivity contribution is -0.307. The molecule has 21 heteroatoms. The topological polar surface area (TPSA) is 108 Å². The Morgan fingerprint density at radius 1 is 1.07 bits per heavy atom. The fraction of sp³-hybridized carbons (Fsp3) is 0.435. The Morgan fingerprint density at radius 3 is 2.16 bits per heavy atom. The standard InChI is InChI=1S/C23H17ClF10N4O5S/c1-3-38(11-5-6-11)19(39)12-8-10(4-7-13(12)24)15-9-14(36-42-15)17-16(20(25,26)27)18(35-37(17)2)43-44(40,41)21(28,22(29,30)31)23(32,33)34/h4,7-9,11H,3,5-6H2,1-2H3. The van der Waals surface area contributed by atoms with Crippen LogP contribution in [-0.4, -0.2) is 64.1 Å². The molecule has 2 heterocycles. The molecule has 4 rings (SSSR count). The second kappa shape index (κ2) is 10.8. The highest BCUT2D eigenvalue weighted by molar-refractivity contribution is 7.88. The number of rotatable bonds is 8. The molecular weight excluding hydrogens is 670 g/mol. The van der Waals surface area contributed by atoms with Crippen LogP contribution in [0.25, 0.3) is 22.7 Å². The number of nitrogens with zero attached hydrogens (tertiary/aromatic N) is 4. The Hall–Kier alpha value is -3.55. The molecule has 0 bridgehead atoms. The van der Waals surface area contributed by atoms with Crippen LogP contribution in [0, 0.1) is 0 Å². The van der Waals surface area contributed by atoms with E-state index in [9.17, 15) is 57.1 Å². The Labute approximate surface area is 245 Å². The van der Waals surface area contributed by atoms with E-state index in [4.69, 9.17) is 16.1 Å². The molecule has 2 aromatic heterocycles. The number of carbonyl (C=O) groups is 1. The van der Waals surface area contributed by atoms with Crippen LogP contribution in [0.15, 0.2) is 28.8 Å². The lowest BCUT2D eigenvalue weighted by atomic mass is 10.1. The van der Waals surface area contributed by atoms with Crippen LogP contribution >= 0.6 is 11.6 Å². The molecule has 0 saturated heterocycles. The number of aryl methyl sites for hydroxylation is 1. The Kier molecular flexibility index (Phi) is 8.19. The van der Waals surface area contributed by atoms with Gasteiger partial charge in [0.25, 0.3) is 11.8 Å². The van der Waals surface area contributed by atoms with Crippen molar-refractivity contribution in [2.75, 3.05) is 6.54 Å². The summed E-state index contributed by atoms with van der Waals surface area (Å²) in [5.74, 6) is -3.09. The van der Waals surface area contributed by atoms with E-state index >= 15 is 0 Å². The molecule has 0 N–H and O–H groups in total. The van der Waals surface area contributed by atoms with Gasteiger partial charge < -0.3 is 13.6 Å². The highest BCUT2D eigenvalue weighted by Gasteiger charge is 2.82. The van der Waals surface area contributed by atoms with Crippen LogP contribution in [0.2, 0.25) is 5.02 Å². The van der Waals surface area contributed by atoms with Gasteiger partial charge >= 0.3 is 33.6 Å². The van der Waals surface area contributed by atoms with Crippen molar-refractivity contribution < 1.29 is 65.8 Å². The molecule has 9 nitrogen and oxygen atoms in total. The minimum absolute atomic E-state index is 0.00443. The zero-order valence-electron chi connectivity index (χ0n) is 21.9. The van der Waals surface area contributed by atoms with Crippen molar-refractivity contribution in [1.29, 1.82) is 0 Å². The normalized spacial score (nSPS) is 15.0. The van der Waals surface area contributed by atoms with Gasteiger partial charge in [0.05, 0.1) is 10.6 Å². The highest BCUT2D eigenvalue weighted by Crippen LogP contribution is 2.51. The number of halogens is 11. The number of aromatic nitrogens is 3. The first-order chi connectivity index (χ1) is 20.0. The maximum atomic E-state index is 14.2. The third-order valence-corrected chi connectivity index (χ3v) is 8.24. The quantitative estimate of drug-likeness (QED) is 0.196. The van der Waals surface area contributed by atoms with Crippen LogP contribution in [0.4, 0.5) is 43.9 Å². The number of amides is 1. The minimum Gasteiger partial charge on any atom is -0.357 e. The summed E-state index contributed by atoms with van der Waals surface area (Å²) in [6.07, 6.45) is -18.6. The second-order valence-corrected chi connectivity index (χ2v) is 11.4. The first-order valence-electron chi connectivity index (χ1n) is 12.0. The lowest BCUT2D eigenvalue weighted by Crippen LogP contribution is -2.60. The largest absolute Gasteiger partial charge is 0.450 e. The van der Waals surface area contributed by atoms with Crippen molar-refractivity contribution in [2.24, 2.45) is 7.05 Å². The summed E-state index contributed by atoms with van der Waals surface area (Å²) in [5.41, 5.74) is -4.28. The third-order valence-electron chi connectivity index (χ3n) is 6.38. The molecule has 0 unspecified atom stereocenters. The molecule has 0 aliphatic heterocycles. The number of carbonyl (C=O) groups excluding carboxylic acids is 1. The summed E-state index contributed by atoms with van der Waals surface area (Å²) in [5, 5.41) is -0.723. The Morgan fingerprint density at radius 2 is 1.66 bits per heavy atom. The average molecular weight is 687 g/mol. The van der Waals surface area contributed by atoms with Gasteiger partial charge in [-0.1, -0.05) is 16.8 Å². The molecule has 0 spiro atoms. The van der Waals surface area contributed by atoms with E-state index in [0.717, 1.165) is 18.9 Å². The van der Waals surface area contributed by atoms with Crippen molar-refractivity contribution in [3.8, 4) is 28.6 Å². The second-order valence-electron chi connectivity index (χ2n) is 9.37. The van der Waals surface area contributed by atoms with Gasteiger partial charge in [-0.15, -0.1) is 5.10 Å². The SMILES string of the molecule is CCN(C(=O)c1cc(-c2cc(-c3c(C(F)(F)F)c(OS(=O)(=O)C(F)(C(F)(F)F)C(F)(F)F)nn3C)no2)ccc1Cl)C1CC1. The third kappa shape index (κ3) is 5.68. The van der Waals surface area contributed by atoms with Crippen molar-refractivity contribution in [2.45, 2.75) is 49.3 Å². The fourth-order valence-electron chi connectivity index (χ4n) is 4.19. The number of benzene rings is 1. The molecule has 1 aliphatic carbocycles. The predicted octanol–water partition coefficient (Wildman–Crippen LogP) is 6.54. The number of hydrogen-bond donors (Lipinski definition) is 0. The Balaban J connectivity index is 1.78. The lowest BCUT2D eigenvalue weighted by Gasteiger charge is -2.28. The van der Waals surface area contributed by atoms with E-state index in [0.29, 0.717) is 13.6 Å². The van der Waals surface area contributed by atoms with E-state index < -0.39 is 62.4 Å². The summed E-state index contributed by atoms with van der Waals surface area (Å²) in [4.78, 5) is 14.6. The highest BCUT2D eigenvalue weighted by atomic mass is 35.5. The zero-order valence-corrected chi connectivity index (χ0v) is 23.5. The van der Waals surface area contributed by atoms with E-state index in [2.05, 4.69) is 14.4 Å². The fourth-order valence-corrected chi connectivity index (χ4v) is 5.39. The summed E-state index contributed by atoms with van der Waals surface area (Å²) in [7, 11) is -6.92. The van der Waals surface area contributed by atoms with E-state index in [1.165, 1.54) is 18.2 Å². The molecular formula is C23H17ClF10N4O5S. The van der Waals surface area contributed by atoms with Crippen LogP contribution < -0.4 is 4.18 Å². The van der Waals surface area contributed by atoms with Crippen LogP contribution in [0.5, 0.6) is 5.88 Å². The Bertz CT molecular complexity index is 1680. The van der Waals surface area contributed by atoms with Gasteiger partial charge in [0, 0.05) is 31.3 Å². The van der Waals surface area contributed by atoms with Crippen LogP contribution in [-0.2, 0) is 23.3 Å². The van der Waals surface area contributed by atoms with Gasteiger partial charge in [-0.3, -0.25) is 9.48 Å².